The van der Waals surface area contributed by atoms with Crippen molar-refractivity contribution in [1.29, 1.82) is 0 Å². The summed E-state index contributed by atoms with van der Waals surface area (Å²) in [6.45, 7) is 0. The summed E-state index contributed by atoms with van der Waals surface area (Å²) in [6.07, 6.45) is 2.48. The van der Waals surface area contributed by atoms with Crippen molar-refractivity contribution in [3.8, 4) is 0 Å². The van der Waals surface area contributed by atoms with E-state index < -0.39 is 44.5 Å². The number of anilines is 1. The van der Waals surface area contributed by atoms with Crippen LogP contribution >= 0.6 is 22.6 Å². The summed E-state index contributed by atoms with van der Waals surface area (Å²) in [5, 5.41) is 2.17. The first-order chi connectivity index (χ1) is 10.8. The largest absolute Gasteiger partial charge is 0.327 e. The van der Waals surface area contributed by atoms with Crippen molar-refractivity contribution in [2.45, 2.75) is 30.2 Å². The number of carbonyl (C=O) groups excluding carboxylic acids is 1. The van der Waals surface area contributed by atoms with E-state index in [9.17, 15) is 28.6 Å². The normalized spacial score (nSPS) is 31.0. The van der Waals surface area contributed by atoms with E-state index in [0.29, 0.717) is 0 Å². The van der Waals surface area contributed by atoms with Gasteiger partial charge in [0, 0.05) is 11.7 Å². The van der Waals surface area contributed by atoms with Gasteiger partial charge in [0.05, 0.1) is 5.92 Å². The number of carbonyl (C=O) groups is 1. The van der Waals surface area contributed by atoms with E-state index in [1.54, 1.807) is 0 Å². The fourth-order valence-electron chi connectivity index (χ4n) is 3.83. The molecule has 3 rings (SSSR count). The fraction of sp³-hybridized carbons (Fsp3) is 0.500. The van der Waals surface area contributed by atoms with Gasteiger partial charge in [-0.3, -0.25) is 4.79 Å². The first kappa shape index (κ1) is 20.2. The third kappa shape index (κ3) is 3.85. The topological polar surface area (TPSA) is 55.1 Å². The maximum absolute atomic E-state index is 13.3. The molecule has 2 fully saturated rings. The molecule has 25 heavy (non-hydrogen) atoms. The lowest BCUT2D eigenvalue weighted by atomic mass is 9.84. The second kappa shape index (κ2) is 5.43. The minimum atomic E-state index is -10.2. The molecule has 1 aromatic rings. The Bertz CT molecular complexity index is 711. The van der Waals surface area contributed by atoms with Crippen LogP contribution in [0.2, 0.25) is 0 Å². The van der Waals surface area contributed by atoms with Gasteiger partial charge in [-0.1, -0.05) is 19.4 Å². The Kier molecular flexibility index (Phi) is 4.39. The van der Waals surface area contributed by atoms with Gasteiger partial charge in [-0.15, -0.1) is 12.4 Å². The van der Waals surface area contributed by atoms with Crippen LogP contribution in [0, 0.1) is 23.6 Å². The standard InChI is InChI=1S/C14H16F6N2OS.ClH/c15-10-4-3-9(6-11(10)24(16,17,18,19)20)22-14(23)12-7-1-2-8(5-7)13(12)21;/h3-4,6-8,12-13H,1-2,5,21H2,(H,22,23);1H/t7-,8+,12-,13+;/m1./s1. The first-order valence-corrected chi connectivity index (χ1v) is 9.31. The highest BCUT2D eigenvalue weighted by Gasteiger charge is 2.67. The third-order valence-corrected chi connectivity index (χ3v) is 6.04. The average Bonchev–Trinajstić information content (AvgIpc) is 2.98. The Labute approximate surface area is 146 Å². The van der Waals surface area contributed by atoms with Crippen molar-refractivity contribution < 1.29 is 28.6 Å². The Balaban J connectivity index is 0.00000225. The molecule has 0 heterocycles. The van der Waals surface area contributed by atoms with E-state index in [-0.39, 0.29) is 36.4 Å². The fourth-order valence-corrected chi connectivity index (χ4v) is 4.61. The van der Waals surface area contributed by atoms with E-state index in [1.165, 1.54) is 0 Å². The van der Waals surface area contributed by atoms with Gasteiger partial charge in [0.25, 0.3) is 0 Å². The van der Waals surface area contributed by atoms with Crippen LogP contribution in [0.15, 0.2) is 23.1 Å². The molecule has 2 aliphatic carbocycles. The summed E-state index contributed by atoms with van der Waals surface area (Å²) in [4.78, 5) is 9.64. The third-order valence-electron chi connectivity index (χ3n) is 4.90. The Hall–Kier alpha value is -1.13. The smallest absolute Gasteiger partial charge is 0.313 e. The van der Waals surface area contributed by atoms with Crippen LogP contribution in [0.5, 0.6) is 0 Å². The Morgan fingerprint density at radius 2 is 1.72 bits per heavy atom. The lowest BCUT2D eigenvalue weighted by molar-refractivity contribution is -0.121. The van der Waals surface area contributed by atoms with Crippen molar-refractivity contribution in [2.24, 2.45) is 23.5 Å². The van der Waals surface area contributed by atoms with Gasteiger partial charge in [-0.05, 0) is 49.3 Å². The van der Waals surface area contributed by atoms with Gasteiger partial charge >= 0.3 is 10.2 Å². The zero-order valence-electron chi connectivity index (χ0n) is 12.7. The van der Waals surface area contributed by atoms with Gasteiger partial charge in [-0.2, -0.15) is 0 Å². The molecular weight excluding hydrogens is 394 g/mol. The van der Waals surface area contributed by atoms with Crippen LogP contribution in [0.1, 0.15) is 19.3 Å². The number of fused-ring (bicyclic) bond motifs is 2. The molecule has 0 aromatic heterocycles. The number of hydrogen-bond donors (Lipinski definition) is 2. The number of hydrogen-bond acceptors (Lipinski definition) is 2. The highest BCUT2D eigenvalue weighted by atomic mass is 35.5. The Morgan fingerprint density at radius 3 is 2.24 bits per heavy atom. The number of amides is 1. The number of nitrogens with one attached hydrogen (secondary N) is 1. The summed E-state index contributed by atoms with van der Waals surface area (Å²) >= 11 is 0. The van der Waals surface area contributed by atoms with Crippen molar-refractivity contribution in [3.63, 3.8) is 0 Å². The maximum atomic E-state index is 13.3. The minimum Gasteiger partial charge on any atom is -0.327 e. The van der Waals surface area contributed by atoms with Gasteiger partial charge < -0.3 is 11.1 Å². The lowest BCUT2D eigenvalue weighted by Gasteiger charge is -2.40. The van der Waals surface area contributed by atoms with Crippen LogP contribution in [-0.2, 0) is 4.79 Å². The number of rotatable bonds is 3. The molecular formula is C14H17ClF6N2OS. The van der Waals surface area contributed by atoms with Gasteiger partial charge in [0.15, 0.2) is 0 Å². The van der Waals surface area contributed by atoms with Crippen molar-refractivity contribution in [3.05, 3.63) is 24.0 Å². The van der Waals surface area contributed by atoms with E-state index in [4.69, 9.17) is 5.73 Å². The number of halogens is 7. The van der Waals surface area contributed by atoms with Crippen LogP contribution in [-0.4, -0.2) is 11.9 Å². The molecule has 2 aliphatic rings. The van der Waals surface area contributed by atoms with E-state index in [1.807, 2.05) is 0 Å². The van der Waals surface area contributed by atoms with Crippen molar-refractivity contribution in [2.75, 3.05) is 5.32 Å². The van der Waals surface area contributed by atoms with E-state index >= 15 is 0 Å². The number of nitrogens with two attached hydrogens (primary N) is 1. The molecule has 4 atom stereocenters. The van der Waals surface area contributed by atoms with Gasteiger partial charge in [0.2, 0.25) is 5.91 Å². The molecule has 3 N–H and O–H groups in total. The molecule has 1 amide bonds. The maximum Gasteiger partial charge on any atom is 0.313 e. The average molecular weight is 411 g/mol. The van der Waals surface area contributed by atoms with E-state index in [0.717, 1.165) is 25.3 Å². The summed E-state index contributed by atoms with van der Waals surface area (Å²) in [7, 11) is -10.2. The molecule has 2 bridgehead atoms. The minimum absolute atomic E-state index is 0. The molecule has 0 unspecified atom stereocenters. The molecule has 0 saturated heterocycles. The van der Waals surface area contributed by atoms with Gasteiger partial charge in [0.1, 0.15) is 10.7 Å². The predicted octanol–water partition coefficient (Wildman–Crippen LogP) is 5.22. The highest BCUT2D eigenvalue weighted by Crippen LogP contribution is 3.02. The van der Waals surface area contributed by atoms with Crippen molar-refractivity contribution in [1.82, 2.24) is 0 Å². The van der Waals surface area contributed by atoms with Crippen LogP contribution in [0.3, 0.4) is 0 Å². The van der Waals surface area contributed by atoms with Crippen LogP contribution in [0.25, 0.3) is 0 Å². The molecule has 2 saturated carbocycles. The second-order valence-electron chi connectivity index (χ2n) is 6.54. The molecule has 0 radical (unpaired) electrons. The quantitative estimate of drug-likeness (QED) is 0.671. The molecule has 3 nitrogen and oxygen atoms in total. The molecule has 144 valence electrons. The van der Waals surface area contributed by atoms with E-state index in [2.05, 4.69) is 5.32 Å². The van der Waals surface area contributed by atoms with Crippen LogP contribution < -0.4 is 11.1 Å². The van der Waals surface area contributed by atoms with Gasteiger partial charge in [-0.25, -0.2) is 4.39 Å². The summed E-state index contributed by atoms with van der Waals surface area (Å²) in [5.41, 5.74) is 5.44. The zero-order valence-corrected chi connectivity index (χ0v) is 14.4. The zero-order chi connectivity index (χ0) is 18.0. The predicted molar refractivity (Wildman–Crippen MR) is 86.0 cm³/mol. The van der Waals surface area contributed by atoms with Crippen molar-refractivity contribution >= 4 is 34.2 Å². The Morgan fingerprint density at radius 1 is 1.12 bits per heavy atom. The monoisotopic (exact) mass is 410 g/mol. The molecule has 0 aliphatic heterocycles. The molecule has 0 spiro atoms. The molecule has 11 heteroatoms. The summed E-state index contributed by atoms with van der Waals surface area (Å²) in [5.74, 6) is -3.03. The summed E-state index contributed by atoms with van der Waals surface area (Å²) in [6, 6.07) is 0.620. The van der Waals surface area contributed by atoms with Crippen LogP contribution in [0.4, 0.5) is 29.5 Å². The first-order valence-electron chi connectivity index (χ1n) is 7.36. The lowest BCUT2D eigenvalue weighted by Crippen LogP contribution is -2.42. The highest BCUT2D eigenvalue weighted by molar-refractivity contribution is 8.45. The number of benzene rings is 1. The SMILES string of the molecule is Cl.N[C@H]1[C@H]2CC[C@H](C2)[C@H]1C(=O)Nc1ccc(F)c(S(F)(F)(F)(F)F)c1. The molecule has 1 aromatic carbocycles. The second-order valence-corrected chi connectivity index (χ2v) is 8.92. The summed E-state index contributed by atoms with van der Waals surface area (Å²) < 4.78 is 77.5.